The fourth-order valence-electron chi connectivity index (χ4n) is 1.58. The van der Waals surface area contributed by atoms with Gasteiger partial charge in [0, 0.05) is 6.42 Å². The van der Waals surface area contributed by atoms with Gasteiger partial charge < -0.3 is 14.4 Å². The minimum Gasteiger partial charge on any atom is -0.477 e. The van der Waals surface area contributed by atoms with Crippen molar-refractivity contribution in [1.82, 2.24) is 5.16 Å². The van der Waals surface area contributed by atoms with Crippen molar-refractivity contribution in [2.75, 3.05) is 0 Å². The van der Waals surface area contributed by atoms with E-state index in [0.29, 0.717) is 12.2 Å². The van der Waals surface area contributed by atoms with Crippen LogP contribution in [0, 0.1) is 0 Å². The molecule has 0 saturated heterocycles. The van der Waals surface area contributed by atoms with Gasteiger partial charge in [-0.25, -0.2) is 4.79 Å². The van der Waals surface area contributed by atoms with Gasteiger partial charge in [0.05, 0.1) is 0 Å². The Morgan fingerprint density at radius 3 is 2.72 bits per heavy atom. The molecule has 0 aliphatic rings. The van der Waals surface area contributed by atoms with Gasteiger partial charge in [0.25, 0.3) is 5.88 Å². The molecule has 0 aliphatic heterocycles. The molecular formula is C13H13NO4. The van der Waals surface area contributed by atoms with Crippen molar-refractivity contribution >= 4 is 5.97 Å². The molecule has 0 amide bonds. The zero-order valence-corrected chi connectivity index (χ0v) is 9.92. The minimum atomic E-state index is -1.09. The molecule has 94 valence electrons. The first kappa shape index (κ1) is 12.2. The first-order chi connectivity index (χ1) is 8.72. The number of benzene rings is 1. The molecule has 0 aliphatic carbocycles. The zero-order chi connectivity index (χ0) is 13.0. The maximum Gasteiger partial charge on any atom is 0.344 e. The summed E-state index contributed by atoms with van der Waals surface area (Å²) in [6, 6.07) is 9.45. The van der Waals surface area contributed by atoms with Gasteiger partial charge in [0.2, 0.25) is 0 Å². The normalized spacial score (nSPS) is 10.3. The summed E-state index contributed by atoms with van der Waals surface area (Å²) < 4.78 is 10.3. The van der Waals surface area contributed by atoms with Crippen LogP contribution in [0.3, 0.4) is 0 Å². The van der Waals surface area contributed by atoms with E-state index in [1.807, 2.05) is 30.3 Å². The third-order valence-corrected chi connectivity index (χ3v) is 2.48. The number of rotatable bonds is 5. The van der Waals surface area contributed by atoms with Crippen LogP contribution in [0.1, 0.15) is 28.6 Å². The van der Waals surface area contributed by atoms with Crippen molar-refractivity contribution in [3.63, 3.8) is 0 Å². The highest BCUT2D eigenvalue weighted by molar-refractivity contribution is 5.91. The van der Waals surface area contributed by atoms with Crippen molar-refractivity contribution < 1.29 is 19.2 Å². The summed E-state index contributed by atoms with van der Waals surface area (Å²) in [5.74, 6) is -0.732. The molecule has 0 atom stereocenters. The lowest BCUT2D eigenvalue weighted by Crippen LogP contribution is -2.03. The Morgan fingerprint density at radius 1 is 1.39 bits per heavy atom. The maximum atomic E-state index is 11.1. The molecule has 1 aromatic carbocycles. The second-order valence-electron chi connectivity index (χ2n) is 3.72. The van der Waals surface area contributed by atoms with Gasteiger partial charge >= 0.3 is 5.97 Å². The van der Waals surface area contributed by atoms with Gasteiger partial charge in [-0.3, -0.25) is 0 Å². The molecule has 2 rings (SSSR count). The van der Waals surface area contributed by atoms with Gasteiger partial charge in [0.1, 0.15) is 6.61 Å². The van der Waals surface area contributed by atoms with E-state index in [0.717, 1.165) is 5.56 Å². The number of hydrogen-bond donors (Lipinski definition) is 1. The van der Waals surface area contributed by atoms with Gasteiger partial charge in [-0.15, -0.1) is 0 Å². The lowest BCUT2D eigenvalue weighted by Gasteiger charge is -2.03. The number of carbonyl (C=O) groups is 1. The predicted molar refractivity (Wildman–Crippen MR) is 63.6 cm³/mol. The summed E-state index contributed by atoms with van der Waals surface area (Å²) in [4.78, 5) is 11.1. The standard InChI is InChI=1S/C13H13NO4/c1-2-10-11(13(15)16)12(14-18-10)17-8-9-6-4-3-5-7-9/h3-7H,2,8H2,1H3,(H,15,16). The Balaban J connectivity index is 2.15. The Morgan fingerprint density at radius 2 is 2.11 bits per heavy atom. The summed E-state index contributed by atoms with van der Waals surface area (Å²) in [5.41, 5.74) is 0.948. The van der Waals surface area contributed by atoms with E-state index in [1.165, 1.54) is 0 Å². The number of aromatic nitrogens is 1. The predicted octanol–water partition coefficient (Wildman–Crippen LogP) is 2.51. The van der Waals surface area contributed by atoms with E-state index in [2.05, 4.69) is 5.16 Å². The van der Waals surface area contributed by atoms with Crippen LogP contribution in [0.2, 0.25) is 0 Å². The summed E-state index contributed by atoms with van der Waals surface area (Å²) in [5, 5.41) is 12.7. The number of hydrogen-bond acceptors (Lipinski definition) is 4. The summed E-state index contributed by atoms with van der Waals surface area (Å²) in [6.07, 6.45) is 0.462. The van der Waals surface area contributed by atoms with E-state index in [1.54, 1.807) is 6.92 Å². The summed E-state index contributed by atoms with van der Waals surface area (Å²) in [6.45, 7) is 2.06. The first-order valence-corrected chi connectivity index (χ1v) is 5.61. The molecule has 2 aromatic rings. The average Bonchev–Trinajstić information content (AvgIpc) is 2.80. The van der Waals surface area contributed by atoms with Crippen molar-refractivity contribution in [3.8, 4) is 5.88 Å². The fourth-order valence-corrected chi connectivity index (χ4v) is 1.58. The van der Waals surface area contributed by atoms with E-state index in [9.17, 15) is 4.79 Å². The smallest absolute Gasteiger partial charge is 0.344 e. The highest BCUT2D eigenvalue weighted by Crippen LogP contribution is 2.22. The van der Waals surface area contributed by atoms with Crippen LogP contribution in [-0.4, -0.2) is 16.2 Å². The van der Waals surface area contributed by atoms with Gasteiger partial charge in [0.15, 0.2) is 11.3 Å². The number of aromatic carboxylic acids is 1. The highest BCUT2D eigenvalue weighted by Gasteiger charge is 2.22. The molecule has 1 N–H and O–H groups in total. The second kappa shape index (κ2) is 5.35. The Labute approximate surface area is 104 Å². The lowest BCUT2D eigenvalue weighted by molar-refractivity contribution is 0.0690. The molecule has 0 bridgehead atoms. The SMILES string of the molecule is CCc1onc(OCc2ccccc2)c1C(=O)O. The second-order valence-corrected chi connectivity index (χ2v) is 3.72. The quantitative estimate of drug-likeness (QED) is 0.878. The number of aryl methyl sites for hydroxylation is 1. The van der Waals surface area contributed by atoms with Gasteiger partial charge in [-0.2, -0.15) is 0 Å². The largest absolute Gasteiger partial charge is 0.477 e. The summed E-state index contributed by atoms with van der Waals surface area (Å²) in [7, 11) is 0. The molecule has 0 radical (unpaired) electrons. The fraction of sp³-hybridized carbons (Fsp3) is 0.231. The Hall–Kier alpha value is -2.30. The molecule has 1 aromatic heterocycles. The van der Waals surface area contributed by atoms with Crippen LogP contribution in [-0.2, 0) is 13.0 Å². The van der Waals surface area contributed by atoms with Crippen LogP contribution in [0.4, 0.5) is 0 Å². The molecule has 5 nitrogen and oxygen atoms in total. The highest BCUT2D eigenvalue weighted by atomic mass is 16.5. The van der Waals surface area contributed by atoms with Gasteiger partial charge in [-0.05, 0) is 10.7 Å². The topological polar surface area (TPSA) is 72.6 Å². The van der Waals surface area contributed by atoms with Crippen molar-refractivity contribution in [2.45, 2.75) is 20.0 Å². The third-order valence-electron chi connectivity index (χ3n) is 2.48. The van der Waals surface area contributed by atoms with Crippen molar-refractivity contribution in [2.24, 2.45) is 0 Å². The van der Waals surface area contributed by atoms with Crippen LogP contribution in [0.15, 0.2) is 34.9 Å². The first-order valence-electron chi connectivity index (χ1n) is 5.61. The number of nitrogens with zero attached hydrogens (tertiary/aromatic N) is 1. The molecule has 0 fully saturated rings. The van der Waals surface area contributed by atoms with E-state index < -0.39 is 5.97 Å². The number of carboxylic acids is 1. The van der Waals surface area contributed by atoms with E-state index in [-0.39, 0.29) is 18.1 Å². The molecule has 5 heteroatoms. The lowest BCUT2D eigenvalue weighted by atomic mass is 10.2. The average molecular weight is 247 g/mol. The van der Waals surface area contributed by atoms with Crippen LogP contribution >= 0.6 is 0 Å². The monoisotopic (exact) mass is 247 g/mol. The molecule has 0 spiro atoms. The molecule has 0 unspecified atom stereocenters. The van der Waals surface area contributed by atoms with Crippen molar-refractivity contribution in [3.05, 3.63) is 47.2 Å². The minimum absolute atomic E-state index is 0.00781. The molecular weight excluding hydrogens is 234 g/mol. The van der Waals surface area contributed by atoms with Crippen LogP contribution in [0.25, 0.3) is 0 Å². The molecule has 0 saturated carbocycles. The van der Waals surface area contributed by atoms with E-state index >= 15 is 0 Å². The zero-order valence-electron chi connectivity index (χ0n) is 9.92. The van der Waals surface area contributed by atoms with Gasteiger partial charge in [-0.1, -0.05) is 37.3 Å². The van der Waals surface area contributed by atoms with E-state index in [4.69, 9.17) is 14.4 Å². The third kappa shape index (κ3) is 2.51. The maximum absolute atomic E-state index is 11.1. The van der Waals surface area contributed by atoms with Crippen LogP contribution in [0.5, 0.6) is 5.88 Å². The Bertz CT molecular complexity index is 533. The van der Waals surface area contributed by atoms with Crippen molar-refractivity contribution in [1.29, 1.82) is 0 Å². The Kier molecular flexibility index (Phi) is 3.62. The van der Waals surface area contributed by atoms with Crippen LogP contribution < -0.4 is 4.74 Å². The number of carboxylic acid groups (broad SMARTS) is 1. The molecule has 1 heterocycles. The number of ether oxygens (including phenoxy) is 1. The molecule has 18 heavy (non-hydrogen) atoms. The summed E-state index contributed by atoms with van der Waals surface area (Å²) >= 11 is 0.